The quantitative estimate of drug-likeness (QED) is 0.0963. The maximum Gasteiger partial charge on any atom is 0.0948 e. The molecule has 40 heavy (non-hydrogen) atoms. The molecule has 0 N–H and O–H groups in total. The Labute approximate surface area is 250 Å². The predicted molar refractivity (Wildman–Crippen MR) is 177 cm³/mol. The van der Waals surface area contributed by atoms with Crippen LogP contribution in [0.1, 0.15) is 180 Å². The number of imidazole rings is 1. The molecule has 0 aliphatic rings. The topological polar surface area (TPSA) is 17.8 Å². The number of hydrogen-bond donors (Lipinski definition) is 0. The molecule has 0 spiro atoms. The van der Waals surface area contributed by atoms with Gasteiger partial charge in [-0.3, -0.25) is 0 Å². The number of nitrogens with zero attached hydrogens (tertiary/aromatic N) is 2. The Morgan fingerprint density at radius 1 is 0.550 bits per heavy atom. The molecule has 1 heterocycles. The van der Waals surface area contributed by atoms with E-state index in [4.69, 9.17) is 0 Å². The minimum atomic E-state index is 0.574. The van der Waals surface area contributed by atoms with Crippen LogP contribution in [0.5, 0.6) is 0 Å². The molecular formula is C38H66N2. The van der Waals surface area contributed by atoms with Gasteiger partial charge in [0, 0.05) is 18.4 Å². The molecule has 2 unspecified atom stereocenters. The molecular weight excluding hydrogens is 484 g/mol. The summed E-state index contributed by atoms with van der Waals surface area (Å²) in [7, 11) is 0. The van der Waals surface area contributed by atoms with Crippen LogP contribution in [0.3, 0.4) is 0 Å². The molecule has 0 saturated heterocycles. The highest BCUT2D eigenvalue weighted by Crippen LogP contribution is 2.32. The normalized spacial score (nSPS) is 13.1. The molecule has 0 amide bonds. The lowest BCUT2D eigenvalue weighted by molar-refractivity contribution is 0.275. The van der Waals surface area contributed by atoms with Crippen LogP contribution in [0.2, 0.25) is 0 Å². The number of rotatable bonds is 28. The SMILES string of the molecule is CCCCCCCCCCCCCC(Cc1ccccc1)C(CCCCCCCCCCCCC)n1ccnc1. The number of benzene rings is 1. The minimum absolute atomic E-state index is 0.574. The fourth-order valence-electron chi connectivity index (χ4n) is 6.53. The van der Waals surface area contributed by atoms with Gasteiger partial charge in [-0.25, -0.2) is 4.98 Å². The summed E-state index contributed by atoms with van der Waals surface area (Å²) in [5.41, 5.74) is 1.50. The standard InChI is InChI=1S/C38H66N2/c1-3-5-7-9-11-13-15-17-19-21-26-30-37(34-36-28-24-23-25-29-36)38(40-33-32-39-35-40)31-27-22-20-18-16-14-12-10-8-6-4-2/h23-25,28-29,32-33,35,37-38H,3-22,26-27,30-31,34H2,1-2H3. The lowest BCUT2D eigenvalue weighted by Crippen LogP contribution is -2.21. The zero-order valence-electron chi connectivity index (χ0n) is 26.8. The van der Waals surface area contributed by atoms with Gasteiger partial charge in [-0.05, 0) is 30.7 Å². The van der Waals surface area contributed by atoms with E-state index in [1.165, 1.54) is 166 Å². The van der Waals surface area contributed by atoms with Gasteiger partial charge in [0.05, 0.1) is 6.33 Å². The van der Waals surface area contributed by atoms with Crippen molar-refractivity contribution in [1.82, 2.24) is 9.55 Å². The molecule has 2 aromatic rings. The van der Waals surface area contributed by atoms with Gasteiger partial charge in [0.25, 0.3) is 0 Å². The number of hydrogen-bond acceptors (Lipinski definition) is 1. The van der Waals surface area contributed by atoms with Gasteiger partial charge < -0.3 is 4.57 Å². The molecule has 0 aliphatic carbocycles. The lowest BCUT2D eigenvalue weighted by atomic mass is 9.84. The highest BCUT2D eigenvalue weighted by Gasteiger charge is 2.23. The van der Waals surface area contributed by atoms with E-state index in [-0.39, 0.29) is 0 Å². The predicted octanol–water partition coefficient (Wildman–Crippen LogP) is 12.7. The highest BCUT2D eigenvalue weighted by molar-refractivity contribution is 5.15. The van der Waals surface area contributed by atoms with Gasteiger partial charge in [0.2, 0.25) is 0 Å². The van der Waals surface area contributed by atoms with E-state index in [1.807, 2.05) is 6.20 Å². The van der Waals surface area contributed by atoms with Crippen LogP contribution < -0.4 is 0 Å². The van der Waals surface area contributed by atoms with Crippen molar-refractivity contribution < 1.29 is 0 Å². The molecule has 2 nitrogen and oxygen atoms in total. The second kappa shape index (κ2) is 25.2. The summed E-state index contributed by atoms with van der Waals surface area (Å²) in [4.78, 5) is 4.46. The first kappa shape index (κ1) is 34.6. The number of aromatic nitrogens is 2. The maximum absolute atomic E-state index is 4.46. The first-order chi connectivity index (χ1) is 19.8. The molecule has 1 aromatic carbocycles. The van der Waals surface area contributed by atoms with Crippen molar-refractivity contribution in [3.05, 3.63) is 54.6 Å². The third-order valence-corrected chi connectivity index (χ3v) is 9.07. The molecule has 0 fully saturated rings. The molecule has 0 bridgehead atoms. The first-order valence-corrected chi connectivity index (χ1v) is 17.9. The number of unbranched alkanes of at least 4 members (excludes halogenated alkanes) is 20. The Hall–Kier alpha value is -1.57. The van der Waals surface area contributed by atoms with Gasteiger partial charge >= 0.3 is 0 Å². The van der Waals surface area contributed by atoms with Crippen LogP contribution in [-0.4, -0.2) is 9.55 Å². The largest absolute Gasteiger partial charge is 0.334 e. The summed E-state index contributed by atoms with van der Waals surface area (Å²) < 4.78 is 2.45. The van der Waals surface area contributed by atoms with Crippen molar-refractivity contribution in [1.29, 1.82) is 0 Å². The van der Waals surface area contributed by atoms with E-state index in [1.54, 1.807) is 0 Å². The third-order valence-electron chi connectivity index (χ3n) is 9.07. The van der Waals surface area contributed by atoms with Crippen LogP contribution in [-0.2, 0) is 6.42 Å². The Morgan fingerprint density at radius 2 is 1.00 bits per heavy atom. The third kappa shape index (κ3) is 17.3. The zero-order valence-corrected chi connectivity index (χ0v) is 26.8. The van der Waals surface area contributed by atoms with Crippen LogP contribution in [0.15, 0.2) is 49.1 Å². The van der Waals surface area contributed by atoms with Gasteiger partial charge in [-0.1, -0.05) is 185 Å². The Kier molecular flexibility index (Phi) is 21.8. The average Bonchev–Trinajstić information content (AvgIpc) is 3.51. The second-order valence-electron chi connectivity index (χ2n) is 12.7. The van der Waals surface area contributed by atoms with Crippen molar-refractivity contribution in [2.75, 3.05) is 0 Å². The summed E-state index contributed by atoms with van der Waals surface area (Å²) in [6.45, 7) is 4.61. The van der Waals surface area contributed by atoms with E-state index in [0.29, 0.717) is 12.0 Å². The Bertz CT molecular complexity index is 753. The molecule has 0 radical (unpaired) electrons. The summed E-state index contributed by atoms with van der Waals surface area (Å²) >= 11 is 0. The summed E-state index contributed by atoms with van der Waals surface area (Å²) in [5, 5.41) is 0. The highest BCUT2D eigenvalue weighted by atomic mass is 15.1. The molecule has 1 aromatic heterocycles. The molecule has 2 heteroatoms. The van der Waals surface area contributed by atoms with Gasteiger partial charge in [0.1, 0.15) is 0 Å². The maximum atomic E-state index is 4.46. The van der Waals surface area contributed by atoms with Crippen molar-refractivity contribution in [2.45, 2.75) is 180 Å². The van der Waals surface area contributed by atoms with E-state index in [2.05, 4.69) is 66.3 Å². The molecule has 2 rings (SSSR count). The van der Waals surface area contributed by atoms with Crippen molar-refractivity contribution >= 4 is 0 Å². The van der Waals surface area contributed by atoms with Gasteiger partial charge in [0.15, 0.2) is 0 Å². The molecule has 0 aliphatic heterocycles. The van der Waals surface area contributed by atoms with E-state index in [9.17, 15) is 0 Å². The van der Waals surface area contributed by atoms with E-state index < -0.39 is 0 Å². The fraction of sp³-hybridized carbons (Fsp3) is 0.763. The Morgan fingerprint density at radius 3 is 1.45 bits per heavy atom. The fourth-order valence-corrected chi connectivity index (χ4v) is 6.53. The van der Waals surface area contributed by atoms with Gasteiger partial charge in [-0.2, -0.15) is 0 Å². The van der Waals surface area contributed by atoms with E-state index >= 15 is 0 Å². The van der Waals surface area contributed by atoms with Crippen LogP contribution in [0.4, 0.5) is 0 Å². The minimum Gasteiger partial charge on any atom is -0.334 e. The zero-order chi connectivity index (χ0) is 28.4. The lowest BCUT2D eigenvalue weighted by Gasteiger charge is -2.29. The van der Waals surface area contributed by atoms with Crippen molar-refractivity contribution in [3.8, 4) is 0 Å². The smallest absolute Gasteiger partial charge is 0.0948 e. The van der Waals surface area contributed by atoms with Crippen molar-refractivity contribution in [3.63, 3.8) is 0 Å². The van der Waals surface area contributed by atoms with E-state index in [0.717, 1.165) is 0 Å². The summed E-state index contributed by atoms with van der Waals surface area (Å²) in [6.07, 6.45) is 41.3. The summed E-state index contributed by atoms with van der Waals surface area (Å²) in [6, 6.07) is 11.8. The second-order valence-corrected chi connectivity index (χ2v) is 12.7. The van der Waals surface area contributed by atoms with Gasteiger partial charge in [-0.15, -0.1) is 0 Å². The average molecular weight is 551 g/mol. The van der Waals surface area contributed by atoms with Crippen LogP contribution in [0.25, 0.3) is 0 Å². The molecule has 228 valence electrons. The van der Waals surface area contributed by atoms with Crippen LogP contribution >= 0.6 is 0 Å². The Balaban J connectivity index is 1.75. The molecule has 2 atom stereocenters. The molecule has 0 saturated carbocycles. The monoisotopic (exact) mass is 551 g/mol. The summed E-state index contributed by atoms with van der Waals surface area (Å²) in [5.74, 6) is 0.693. The first-order valence-electron chi connectivity index (χ1n) is 17.9. The van der Waals surface area contributed by atoms with Crippen LogP contribution in [0, 0.1) is 5.92 Å². The van der Waals surface area contributed by atoms with Crippen molar-refractivity contribution in [2.24, 2.45) is 5.92 Å².